The topological polar surface area (TPSA) is 58.6 Å². The van der Waals surface area contributed by atoms with Crippen molar-refractivity contribution in [2.75, 3.05) is 20.1 Å². The largest absolute Gasteiger partial charge is 0.573 e. The summed E-state index contributed by atoms with van der Waals surface area (Å²) in [6.45, 7) is 0.626. The number of sulfonamides is 1. The molecule has 118 valence electrons. The zero-order chi connectivity index (χ0) is 15.7. The van der Waals surface area contributed by atoms with Gasteiger partial charge in [0, 0.05) is 25.2 Å². The highest BCUT2D eigenvalue weighted by Gasteiger charge is 2.34. The van der Waals surface area contributed by atoms with Gasteiger partial charge in [-0.25, -0.2) is 8.42 Å². The lowest BCUT2D eigenvalue weighted by molar-refractivity contribution is -0.274. The molecular weight excluding hydrogens is 309 g/mol. The fourth-order valence-electron chi connectivity index (χ4n) is 2.16. The molecule has 0 bridgehead atoms. The Morgan fingerprint density at radius 2 is 2.10 bits per heavy atom. The number of nitrogens with one attached hydrogen (secondary N) is 1. The van der Waals surface area contributed by atoms with Crippen LogP contribution in [0.2, 0.25) is 0 Å². The molecule has 1 N–H and O–H groups in total. The van der Waals surface area contributed by atoms with Gasteiger partial charge in [0.05, 0.1) is 4.90 Å². The van der Waals surface area contributed by atoms with E-state index < -0.39 is 22.1 Å². The van der Waals surface area contributed by atoms with Crippen molar-refractivity contribution in [1.29, 1.82) is 0 Å². The van der Waals surface area contributed by atoms with Crippen LogP contribution in [0.5, 0.6) is 5.75 Å². The van der Waals surface area contributed by atoms with Crippen molar-refractivity contribution in [3.8, 4) is 5.75 Å². The van der Waals surface area contributed by atoms with E-state index in [0.717, 1.165) is 12.1 Å². The van der Waals surface area contributed by atoms with Gasteiger partial charge < -0.3 is 10.1 Å². The van der Waals surface area contributed by atoms with Crippen LogP contribution in [0.25, 0.3) is 0 Å². The molecular formula is C12H15F3N2O3S. The number of benzene rings is 1. The Bertz CT molecular complexity index is 604. The number of alkyl halides is 3. The van der Waals surface area contributed by atoms with Gasteiger partial charge in [-0.1, -0.05) is 6.07 Å². The third kappa shape index (κ3) is 3.86. The van der Waals surface area contributed by atoms with Crippen LogP contribution >= 0.6 is 0 Å². The molecule has 1 aliphatic rings. The molecule has 1 atom stereocenters. The molecule has 0 spiro atoms. The van der Waals surface area contributed by atoms with Crippen LogP contribution in [0.1, 0.15) is 6.42 Å². The Morgan fingerprint density at radius 3 is 2.67 bits per heavy atom. The Morgan fingerprint density at radius 1 is 1.38 bits per heavy atom. The molecule has 0 saturated carbocycles. The van der Waals surface area contributed by atoms with Crippen LogP contribution in [0, 0.1) is 0 Å². The minimum atomic E-state index is -4.85. The maximum absolute atomic E-state index is 12.4. The lowest BCUT2D eigenvalue weighted by Gasteiger charge is -2.17. The number of hydrogen-bond donors (Lipinski definition) is 1. The fourth-order valence-corrected chi connectivity index (χ4v) is 3.70. The summed E-state index contributed by atoms with van der Waals surface area (Å²) < 4.78 is 66.3. The van der Waals surface area contributed by atoms with Gasteiger partial charge in [0.25, 0.3) is 0 Å². The molecule has 5 nitrogen and oxygen atoms in total. The van der Waals surface area contributed by atoms with Gasteiger partial charge in [-0.15, -0.1) is 13.2 Å². The summed E-state index contributed by atoms with van der Waals surface area (Å²) in [5, 5.41) is 2.98. The van der Waals surface area contributed by atoms with Crippen molar-refractivity contribution in [1.82, 2.24) is 9.62 Å². The fraction of sp³-hybridized carbons (Fsp3) is 0.500. The number of hydrogen-bond acceptors (Lipinski definition) is 4. The number of ether oxygens (including phenoxy) is 1. The van der Waals surface area contributed by atoms with Gasteiger partial charge in [0.1, 0.15) is 5.75 Å². The van der Waals surface area contributed by atoms with Crippen LogP contribution in [0.4, 0.5) is 13.2 Å². The quantitative estimate of drug-likeness (QED) is 0.913. The van der Waals surface area contributed by atoms with Gasteiger partial charge in [0.15, 0.2) is 0 Å². The number of nitrogens with zero attached hydrogens (tertiary/aromatic N) is 1. The Balaban J connectivity index is 2.23. The second-order valence-corrected chi connectivity index (χ2v) is 6.60. The molecule has 1 heterocycles. The monoisotopic (exact) mass is 324 g/mol. The van der Waals surface area contributed by atoms with Crippen LogP contribution in [-0.4, -0.2) is 45.3 Å². The van der Waals surface area contributed by atoms with Crippen molar-refractivity contribution >= 4 is 10.0 Å². The molecule has 1 aliphatic heterocycles. The van der Waals surface area contributed by atoms with E-state index in [2.05, 4.69) is 10.1 Å². The Hall–Kier alpha value is -1.32. The van der Waals surface area contributed by atoms with E-state index in [1.165, 1.54) is 16.4 Å². The standard InChI is InChI=1S/C12H15F3N2O3S/c1-16-9-5-6-17(8-9)21(18,19)11-4-2-3-10(7-11)20-12(13,14)15/h2-4,7,9,16H,5-6,8H2,1H3. The summed E-state index contributed by atoms with van der Waals surface area (Å²) >= 11 is 0. The molecule has 0 radical (unpaired) electrons. The van der Waals surface area contributed by atoms with Crippen LogP contribution in [0.15, 0.2) is 29.2 Å². The second-order valence-electron chi connectivity index (χ2n) is 4.66. The zero-order valence-corrected chi connectivity index (χ0v) is 12.0. The number of halogens is 3. The first-order valence-corrected chi connectivity index (χ1v) is 7.69. The molecule has 1 saturated heterocycles. The van der Waals surface area contributed by atoms with Gasteiger partial charge in [0.2, 0.25) is 10.0 Å². The normalized spacial score (nSPS) is 20.7. The second kappa shape index (κ2) is 5.82. The minimum Gasteiger partial charge on any atom is -0.406 e. The third-order valence-corrected chi connectivity index (χ3v) is 5.10. The molecule has 1 fully saturated rings. The van der Waals surface area contributed by atoms with Gasteiger partial charge in [-0.3, -0.25) is 0 Å². The van der Waals surface area contributed by atoms with Crippen molar-refractivity contribution in [3.63, 3.8) is 0 Å². The van der Waals surface area contributed by atoms with E-state index in [9.17, 15) is 21.6 Å². The Kier molecular flexibility index (Phi) is 4.45. The van der Waals surface area contributed by atoms with E-state index in [-0.39, 0.29) is 10.9 Å². The predicted molar refractivity (Wildman–Crippen MR) is 69.3 cm³/mol. The number of rotatable bonds is 4. The Labute approximate surface area is 120 Å². The molecule has 1 aromatic carbocycles. The van der Waals surface area contributed by atoms with Crippen LogP contribution in [-0.2, 0) is 10.0 Å². The lowest BCUT2D eigenvalue weighted by atomic mass is 10.3. The van der Waals surface area contributed by atoms with Crippen molar-refractivity contribution in [2.24, 2.45) is 0 Å². The number of likely N-dealkylation sites (N-methyl/N-ethyl adjacent to an activating group) is 1. The van der Waals surface area contributed by atoms with E-state index in [1.807, 2.05) is 0 Å². The molecule has 0 aliphatic carbocycles. The van der Waals surface area contributed by atoms with Gasteiger partial charge in [-0.05, 0) is 25.6 Å². The smallest absolute Gasteiger partial charge is 0.406 e. The van der Waals surface area contributed by atoms with Gasteiger partial charge >= 0.3 is 6.36 Å². The molecule has 2 rings (SSSR count). The highest BCUT2D eigenvalue weighted by molar-refractivity contribution is 7.89. The summed E-state index contributed by atoms with van der Waals surface area (Å²) in [6.07, 6.45) is -4.19. The summed E-state index contributed by atoms with van der Waals surface area (Å²) in [5.74, 6) is -0.548. The average Bonchev–Trinajstić information content (AvgIpc) is 2.86. The molecule has 21 heavy (non-hydrogen) atoms. The SMILES string of the molecule is CNC1CCN(S(=O)(=O)c2cccc(OC(F)(F)F)c2)C1. The van der Waals surface area contributed by atoms with Crippen molar-refractivity contribution in [2.45, 2.75) is 23.7 Å². The van der Waals surface area contributed by atoms with E-state index >= 15 is 0 Å². The molecule has 1 unspecified atom stereocenters. The first kappa shape index (κ1) is 16.1. The maximum Gasteiger partial charge on any atom is 0.573 e. The highest BCUT2D eigenvalue weighted by Crippen LogP contribution is 2.27. The summed E-state index contributed by atoms with van der Waals surface area (Å²) in [4.78, 5) is -0.207. The first-order chi connectivity index (χ1) is 9.72. The van der Waals surface area contributed by atoms with Crippen LogP contribution < -0.4 is 10.1 Å². The van der Waals surface area contributed by atoms with E-state index in [0.29, 0.717) is 19.5 Å². The third-order valence-electron chi connectivity index (χ3n) is 3.24. The zero-order valence-electron chi connectivity index (χ0n) is 11.2. The maximum atomic E-state index is 12.4. The average molecular weight is 324 g/mol. The van der Waals surface area contributed by atoms with Crippen molar-refractivity contribution in [3.05, 3.63) is 24.3 Å². The molecule has 0 aromatic heterocycles. The highest BCUT2D eigenvalue weighted by atomic mass is 32.2. The lowest BCUT2D eigenvalue weighted by Crippen LogP contribution is -2.33. The van der Waals surface area contributed by atoms with Gasteiger partial charge in [-0.2, -0.15) is 4.31 Å². The minimum absolute atomic E-state index is 0.0504. The van der Waals surface area contributed by atoms with E-state index in [1.54, 1.807) is 7.05 Å². The predicted octanol–water partition coefficient (Wildman–Crippen LogP) is 1.57. The molecule has 1 aromatic rings. The molecule has 9 heteroatoms. The molecule has 0 amide bonds. The summed E-state index contributed by atoms with van der Waals surface area (Å²) in [6, 6.07) is 4.47. The summed E-state index contributed by atoms with van der Waals surface area (Å²) in [7, 11) is -2.08. The van der Waals surface area contributed by atoms with Crippen molar-refractivity contribution < 1.29 is 26.3 Å². The first-order valence-electron chi connectivity index (χ1n) is 6.25. The van der Waals surface area contributed by atoms with E-state index in [4.69, 9.17) is 0 Å². The van der Waals surface area contributed by atoms with Crippen LogP contribution in [0.3, 0.4) is 0 Å². The summed E-state index contributed by atoms with van der Waals surface area (Å²) in [5.41, 5.74) is 0.